The molecule has 0 saturated carbocycles. The van der Waals surface area contributed by atoms with Gasteiger partial charge >= 0.3 is 0 Å². The van der Waals surface area contributed by atoms with Gasteiger partial charge in [-0.2, -0.15) is 0 Å². The van der Waals surface area contributed by atoms with Gasteiger partial charge in [0.2, 0.25) is 0 Å². The van der Waals surface area contributed by atoms with E-state index in [4.69, 9.17) is 17.3 Å². The molecular formula is C14H17ClN4. The fraction of sp³-hybridized carbons (Fsp3) is 0.286. The van der Waals surface area contributed by atoms with Gasteiger partial charge in [0, 0.05) is 31.7 Å². The lowest BCUT2D eigenvalue weighted by Gasteiger charge is -2.24. The predicted octanol–water partition coefficient (Wildman–Crippen LogP) is 2.49. The predicted molar refractivity (Wildman–Crippen MR) is 78.2 cm³/mol. The van der Waals surface area contributed by atoms with Crippen LogP contribution >= 0.6 is 11.6 Å². The van der Waals surface area contributed by atoms with Gasteiger partial charge in [-0.25, -0.2) is 4.98 Å². The minimum Gasteiger partial charge on any atom is -0.351 e. The molecule has 0 amide bonds. The average molecular weight is 277 g/mol. The second-order valence-corrected chi connectivity index (χ2v) is 4.64. The van der Waals surface area contributed by atoms with E-state index in [0.29, 0.717) is 11.6 Å². The van der Waals surface area contributed by atoms with Gasteiger partial charge in [0.1, 0.15) is 5.82 Å². The number of hydrogen-bond donors (Lipinski definition) is 1. The van der Waals surface area contributed by atoms with Crippen LogP contribution in [0.25, 0.3) is 0 Å². The smallest absolute Gasteiger partial charge is 0.147 e. The minimum atomic E-state index is 0.647. The number of rotatable bonds is 6. The summed E-state index contributed by atoms with van der Waals surface area (Å²) in [6.07, 6.45) is 6.26. The molecule has 0 spiro atoms. The van der Waals surface area contributed by atoms with E-state index < -0.39 is 0 Å². The van der Waals surface area contributed by atoms with E-state index >= 15 is 0 Å². The number of nitrogens with zero attached hydrogens (tertiary/aromatic N) is 3. The maximum atomic E-state index is 6.21. The Morgan fingerprint density at radius 1 is 1.21 bits per heavy atom. The van der Waals surface area contributed by atoms with Crippen molar-refractivity contribution >= 4 is 17.4 Å². The van der Waals surface area contributed by atoms with Gasteiger partial charge in [-0.3, -0.25) is 4.98 Å². The Hall–Kier alpha value is -1.65. The molecule has 0 unspecified atom stereocenters. The standard InChI is InChI=1S/C14H17ClN4/c15-13-5-2-8-18-14(13)19(9-3-6-16)11-12-4-1-7-17-10-12/h1-2,4-5,7-8,10H,3,6,9,11,16H2. The Labute approximate surface area is 118 Å². The van der Waals surface area contributed by atoms with Gasteiger partial charge in [0.15, 0.2) is 0 Å². The number of pyridine rings is 2. The zero-order valence-electron chi connectivity index (χ0n) is 10.7. The number of halogens is 1. The summed E-state index contributed by atoms with van der Waals surface area (Å²) in [5.41, 5.74) is 6.72. The van der Waals surface area contributed by atoms with Crippen LogP contribution in [0.4, 0.5) is 5.82 Å². The summed E-state index contributed by atoms with van der Waals surface area (Å²) in [4.78, 5) is 10.6. The summed E-state index contributed by atoms with van der Waals surface area (Å²) in [7, 11) is 0. The maximum absolute atomic E-state index is 6.21. The summed E-state index contributed by atoms with van der Waals surface area (Å²) in [6, 6.07) is 7.65. The lowest BCUT2D eigenvalue weighted by Crippen LogP contribution is -2.26. The lowest BCUT2D eigenvalue weighted by molar-refractivity contribution is 0.725. The third kappa shape index (κ3) is 3.91. The molecule has 2 aromatic heterocycles. The zero-order chi connectivity index (χ0) is 13.5. The van der Waals surface area contributed by atoms with Crippen LogP contribution in [-0.4, -0.2) is 23.1 Å². The van der Waals surface area contributed by atoms with Gasteiger partial charge in [-0.05, 0) is 36.7 Å². The van der Waals surface area contributed by atoms with Crippen molar-refractivity contribution in [1.29, 1.82) is 0 Å². The van der Waals surface area contributed by atoms with Crippen molar-refractivity contribution in [2.75, 3.05) is 18.0 Å². The molecule has 4 nitrogen and oxygen atoms in total. The quantitative estimate of drug-likeness (QED) is 0.881. The van der Waals surface area contributed by atoms with Gasteiger partial charge < -0.3 is 10.6 Å². The van der Waals surface area contributed by atoms with Crippen LogP contribution in [0.5, 0.6) is 0 Å². The monoisotopic (exact) mass is 276 g/mol. The van der Waals surface area contributed by atoms with Crippen LogP contribution in [0, 0.1) is 0 Å². The number of aromatic nitrogens is 2. The number of nitrogens with two attached hydrogens (primary N) is 1. The van der Waals surface area contributed by atoms with Crippen molar-refractivity contribution < 1.29 is 0 Å². The first-order chi connectivity index (χ1) is 9.31. The van der Waals surface area contributed by atoms with E-state index in [9.17, 15) is 0 Å². The number of anilines is 1. The zero-order valence-corrected chi connectivity index (χ0v) is 11.4. The summed E-state index contributed by atoms with van der Waals surface area (Å²) < 4.78 is 0. The van der Waals surface area contributed by atoms with Crippen molar-refractivity contribution in [1.82, 2.24) is 9.97 Å². The van der Waals surface area contributed by atoms with E-state index in [0.717, 1.165) is 30.9 Å². The van der Waals surface area contributed by atoms with E-state index in [1.807, 2.05) is 30.5 Å². The van der Waals surface area contributed by atoms with E-state index in [1.54, 1.807) is 12.4 Å². The molecule has 0 saturated heterocycles. The molecule has 0 fully saturated rings. The number of hydrogen-bond acceptors (Lipinski definition) is 4. The maximum Gasteiger partial charge on any atom is 0.147 e. The van der Waals surface area contributed by atoms with Crippen molar-refractivity contribution in [3.05, 3.63) is 53.4 Å². The highest BCUT2D eigenvalue weighted by molar-refractivity contribution is 6.32. The summed E-state index contributed by atoms with van der Waals surface area (Å²) >= 11 is 6.21. The van der Waals surface area contributed by atoms with E-state index in [1.165, 1.54) is 0 Å². The van der Waals surface area contributed by atoms with Crippen molar-refractivity contribution in [3.8, 4) is 0 Å². The molecule has 5 heteroatoms. The van der Waals surface area contributed by atoms with Gasteiger partial charge in [0.05, 0.1) is 5.02 Å². The van der Waals surface area contributed by atoms with Gasteiger partial charge in [0.25, 0.3) is 0 Å². The van der Waals surface area contributed by atoms with Crippen molar-refractivity contribution in [2.24, 2.45) is 5.73 Å². The van der Waals surface area contributed by atoms with E-state index in [2.05, 4.69) is 14.9 Å². The molecule has 0 radical (unpaired) electrons. The molecule has 0 aliphatic rings. The normalized spacial score (nSPS) is 10.4. The van der Waals surface area contributed by atoms with Gasteiger partial charge in [-0.1, -0.05) is 17.7 Å². The Kier molecular flexibility index (Phi) is 5.12. The van der Waals surface area contributed by atoms with Gasteiger partial charge in [-0.15, -0.1) is 0 Å². The van der Waals surface area contributed by atoms with Crippen LogP contribution in [-0.2, 0) is 6.54 Å². The topological polar surface area (TPSA) is 55.0 Å². The molecule has 2 N–H and O–H groups in total. The Balaban J connectivity index is 2.19. The molecule has 2 rings (SSSR count). The Morgan fingerprint density at radius 3 is 2.74 bits per heavy atom. The summed E-state index contributed by atoms with van der Waals surface area (Å²) in [6.45, 7) is 2.20. The third-order valence-electron chi connectivity index (χ3n) is 2.77. The van der Waals surface area contributed by atoms with E-state index in [-0.39, 0.29) is 0 Å². The highest BCUT2D eigenvalue weighted by Crippen LogP contribution is 2.23. The van der Waals surface area contributed by atoms with Crippen molar-refractivity contribution in [2.45, 2.75) is 13.0 Å². The van der Waals surface area contributed by atoms with Crippen LogP contribution in [0.2, 0.25) is 5.02 Å². The second kappa shape index (κ2) is 7.07. The molecule has 2 heterocycles. The Morgan fingerprint density at radius 2 is 2.05 bits per heavy atom. The molecule has 0 atom stereocenters. The molecule has 19 heavy (non-hydrogen) atoms. The molecular weight excluding hydrogens is 260 g/mol. The van der Waals surface area contributed by atoms with Crippen molar-refractivity contribution in [3.63, 3.8) is 0 Å². The fourth-order valence-corrected chi connectivity index (χ4v) is 2.11. The molecule has 100 valence electrons. The average Bonchev–Trinajstić information content (AvgIpc) is 2.45. The first-order valence-electron chi connectivity index (χ1n) is 6.25. The molecule has 0 aromatic carbocycles. The third-order valence-corrected chi connectivity index (χ3v) is 3.06. The SMILES string of the molecule is NCCCN(Cc1cccnc1)c1ncccc1Cl. The molecule has 0 aliphatic carbocycles. The van der Waals surface area contributed by atoms with Crippen LogP contribution in [0.1, 0.15) is 12.0 Å². The van der Waals surface area contributed by atoms with Crippen LogP contribution in [0.15, 0.2) is 42.9 Å². The minimum absolute atomic E-state index is 0.647. The van der Waals surface area contributed by atoms with Crippen LogP contribution < -0.4 is 10.6 Å². The van der Waals surface area contributed by atoms with Crippen LogP contribution in [0.3, 0.4) is 0 Å². The largest absolute Gasteiger partial charge is 0.351 e. The summed E-state index contributed by atoms with van der Waals surface area (Å²) in [5, 5.41) is 0.656. The second-order valence-electron chi connectivity index (χ2n) is 4.23. The molecule has 2 aromatic rings. The lowest BCUT2D eigenvalue weighted by atomic mass is 10.2. The first kappa shape index (κ1) is 13.8. The first-order valence-corrected chi connectivity index (χ1v) is 6.63. The molecule has 0 aliphatic heterocycles. The highest BCUT2D eigenvalue weighted by atomic mass is 35.5. The Bertz CT molecular complexity index is 504. The fourth-order valence-electron chi connectivity index (χ4n) is 1.86. The molecule has 0 bridgehead atoms. The summed E-state index contributed by atoms with van der Waals surface area (Å²) in [5.74, 6) is 0.793. The highest BCUT2D eigenvalue weighted by Gasteiger charge is 2.11.